The maximum Gasteiger partial charge on any atom is 0.0744 e. The van der Waals surface area contributed by atoms with Crippen LogP contribution >= 0.6 is 0 Å². The van der Waals surface area contributed by atoms with Crippen LogP contribution in [0.2, 0.25) is 0 Å². The molecule has 0 aromatic heterocycles. The largest absolute Gasteiger partial charge is 0.520 e. The molecule has 0 aliphatic carbocycles. The number of methoxy groups -OCH3 is 1. The van der Waals surface area contributed by atoms with Gasteiger partial charge in [-0.15, -0.1) is 18.2 Å². The van der Waals surface area contributed by atoms with Gasteiger partial charge >= 0.3 is 0 Å². The summed E-state index contributed by atoms with van der Waals surface area (Å²) in [6.07, 6.45) is 5.01. The summed E-state index contributed by atoms with van der Waals surface area (Å²) in [4.78, 5) is 1.83. The second-order valence-electron chi connectivity index (χ2n) is 2.51. The molecule has 0 spiro atoms. The Morgan fingerprint density at radius 1 is 1.58 bits per heavy atom. The zero-order chi connectivity index (χ0) is 8.43. The van der Waals surface area contributed by atoms with Gasteiger partial charge in [0.2, 0.25) is 0 Å². The topological polar surface area (TPSA) is 12.5 Å². The first-order chi connectivity index (χ1) is 5.15. The van der Waals surface area contributed by atoms with Crippen molar-refractivity contribution >= 4 is 0 Å². The molecule has 0 amide bonds. The summed E-state index contributed by atoms with van der Waals surface area (Å²) in [5.41, 5.74) is 1.90. The molecule has 1 rings (SSSR count). The fraction of sp³-hybridized carbons (Fsp3) is 0.333. The Labute approximate surface area is 98.8 Å². The minimum atomic E-state index is 0. The van der Waals surface area contributed by atoms with Crippen molar-refractivity contribution in [1.82, 2.24) is 4.90 Å². The van der Waals surface area contributed by atoms with E-state index in [0.717, 1.165) is 17.0 Å². The van der Waals surface area contributed by atoms with Crippen LogP contribution in [0, 0.1) is 6.20 Å². The molecule has 0 aromatic carbocycles. The van der Waals surface area contributed by atoms with Crippen molar-refractivity contribution in [2.75, 3.05) is 14.2 Å². The van der Waals surface area contributed by atoms with Crippen molar-refractivity contribution in [3.63, 3.8) is 0 Å². The van der Waals surface area contributed by atoms with Crippen molar-refractivity contribution in [3.8, 4) is 0 Å². The van der Waals surface area contributed by atoms with Crippen LogP contribution in [0.5, 0.6) is 0 Å². The molecule has 1 aliphatic rings. The fourth-order valence-electron chi connectivity index (χ4n) is 0.986. The molecule has 0 saturated carbocycles. The minimum Gasteiger partial charge on any atom is -0.520 e. The maximum absolute atomic E-state index is 5.10. The molecule has 2 nitrogen and oxygen atoms in total. The summed E-state index contributed by atoms with van der Waals surface area (Å²) in [5, 5.41) is 0. The summed E-state index contributed by atoms with van der Waals surface area (Å²) < 4.78 is 5.10. The molecule has 0 aromatic rings. The van der Waals surface area contributed by atoms with Crippen LogP contribution in [0.25, 0.3) is 0 Å². The fourth-order valence-corrected chi connectivity index (χ4v) is 0.986. The third-order valence-electron chi connectivity index (χ3n) is 1.60. The molecule has 0 saturated heterocycles. The summed E-state index contributed by atoms with van der Waals surface area (Å²) in [7, 11) is 3.54. The van der Waals surface area contributed by atoms with Gasteiger partial charge < -0.3 is 9.64 Å². The molecule has 1 radical (unpaired) electrons. The van der Waals surface area contributed by atoms with Crippen LogP contribution in [0.1, 0.15) is 6.92 Å². The van der Waals surface area contributed by atoms with E-state index in [1.54, 1.807) is 7.11 Å². The number of ether oxygens (including phenoxy) is 1. The van der Waals surface area contributed by atoms with E-state index in [1.165, 1.54) is 0 Å². The van der Waals surface area contributed by atoms with E-state index >= 15 is 0 Å². The van der Waals surface area contributed by atoms with Crippen LogP contribution in [0.3, 0.4) is 0 Å². The molecule has 12 heavy (non-hydrogen) atoms. The van der Waals surface area contributed by atoms with E-state index in [4.69, 9.17) is 4.74 Å². The average molecular weight is 239 g/mol. The first-order valence-electron chi connectivity index (χ1n) is 3.44. The molecule has 63 valence electrons. The van der Waals surface area contributed by atoms with Crippen LogP contribution in [-0.4, -0.2) is 19.1 Å². The van der Waals surface area contributed by atoms with Gasteiger partial charge in [0.15, 0.2) is 0 Å². The number of hydrogen-bond donors (Lipinski definition) is 0. The Morgan fingerprint density at radius 3 is 2.67 bits per heavy atom. The average Bonchev–Trinajstić information content (AvgIpc) is 1.96. The van der Waals surface area contributed by atoms with Crippen LogP contribution in [0.4, 0.5) is 0 Å². The summed E-state index contributed by atoms with van der Waals surface area (Å²) >= 11 is 0. The maximum atomic E-state index is 5.10. The van der Waals surface area contributed by atoms with Gasteiger partial charge in [-0.05, 0) is 12.7 Å². The van der Waals surface area contributed by atoms with Gasteiger partial charge in [-0.2, -0.15) is 0 Å². The molecule has 1 aliphatic heterocycles. The third kappa shape index (κ3) is 2.46. The van der Waals surface area contributed by atoms with Gasteiger partial charge in [0.25, 0.3) is 0 Å². The summed E-state index contributed by atoms with van der Waals surface area (Å²) in [6.45, 7) is 5.81. The van der Waals surface area contributed by atoms with Gasteiger partial charge in [0.05, 0.1) is 7.11 Å². The van der Waals surface area contributed by atoms with E-state index in [0.29, 0.717) is 0 Å². The Morgan fingerprint density at radius 2 is 2.17 bits per heavy atom. The second-order valence-corrected chi connectivity index (χ2v) is 2.51. The first-order valence-corrected chi connectivity index (χ1v) is 3.44. The van der Waals surface area contributed by atoms with Gasteiger partial charge in [0.1, 0.15) is 0 Å². The standard InChI is InChI=1S/C9H12NO.Y/c1-7-5-9(11-4)8(2)10(3)6-7;/h5H,2H2,1,3-4H3;/q-1;. The van der Waals surface area contributed by atoms with Crippen LogP contribution in [-0.2, 0) is 37.4 Å². The number of likely N-dealkylation sites (N-methyl/N-ethyl adjacent to an activating group) is 1. The SMILES string of the molecule is C=C1C(OC)=CC(C)=[C-]N1C.[Y]. The summed E-state index contributed by atoms with van der Waals surface area (Å²) in [5.74, 6) is 0.809. The Balaban J connectivity index is 0.00000121. The van der Waals surface area contributed by atoms with Gasteiger partial charge in [-0.1, -0.05) is 13.1 Å². The molecular formula is C9H12NOY-. The first kappa shape index (κ1) is 11.9. The molecule has 0 unspecified atom stereocenters. The molecule has 0 N–H and O–H groups in total. The van der Waals surface area contributed by atoms with E-state index in [1.807, 2.05) is 24.9 Å². The van der Waals surface area contributed by atoms with Crippen molar-refractivity contribution in [2.45, 2.75) is 6.92 Å². The van der Waals surface area contributed by atoms with Crippen molar-refractivity contribution in [1.29, 1.82) is 0 Å². The zero-order valence-corrected chi connectivity index (χ0v) is 10.6. The number of rotatable bonds is 1. The zero-order valence-electron chi connectivity index (χ0n) is 7.72. The van der Waals surface area contributed by atoms with Crippen LogP contribution in [0.15, 0.2) is 29.7 Å². The predicted octanol–water partition coefficient (Wildman–Crippen LogP) is 1.68. The monoisotopic (exact) mass is 239 g/mol. The molecule has 0 bridgehead atoms. The van der Waals surface area contributed by atoms with E-state index in [-0.39, 0.29) is 32.7 Å². The smallest absolute Gasteiger partial charge is 0.0744 e. The second kappa shape index (κ2) is 4.83. The molecular weight excluding hydrogens is 227 g/mol. The molecule has 0 fully saturated rings. The van der Waals surface area contributed by atoms with Crippen molar-refractivity contribution in [2.24, 2.45) is 0 Å². The quantitative estimate of drug-likeness (QED) is 0.645. The molecule has 1 heterocycles. The van der Waals surface area contributed by atoms with Crippen molar-refractivity contribution < 1.29 is 37.4 Å². The van der Waals surface area contributed by atoms with Gasteiger partial charge in [0, 0.05) is 38.5 Å². The Hall–Kier alpha value is -0.0761. The van der Waals surface area contributed by atoms with E-state index in [9.17, 15) is 0 Å². The third-order valence-corrected chi connectivity index (χ3v) is 1.60. The van der Waals surface area contributed by atoms with Gasteiger partial charge in [-0.3, -0.25) is 0 Å². The number of allylic oxidation sites excluding steroid dienone is 2. The minimum absolute atomic E-state index is 0. The van der Waals surface area contributed by atoms with Gasteiger partial charge in [-0.25, -0.2) is 0 Å². The molecule has 0 atom stereocenters. The van der Waals surface area contributed by atoms with Crippen molar-refractivity contribution in [3.05, 3.63) is 35.9 Å². The molecule has 3 heteroatoms. The van der Waals surface area contributed by atoms with E-state index < -0.39 is 0 Å². The Kier molecular flexibility index (Phi) is 4.80. The normalized spacial score (nSPS) is 16.2. The summed E-state index contributed by atoms with van der Waals surface area (Å²) in [6, 6.07) is 0. The number of nitrogens with zero attached hydrogens (tertiary/aromatic N) is 1. The van der Waals surface area contributed by atoms with E-state index in [2.05, 4.69) is 12.8 Å². The van der Waals surface area contributed by atoms with Crippen LogP contribution < -0.4 is 0 Å². The predicted molar refractivity (Wildman–Crippen MR) is 44.4 cm³/mol. The number of hydrogen-bond acceptors (Lipinski definition) is 2. The Bertz CT molecular complexity index is 243.